The molecule has 1 aliphatic heterocycles. The van der Waals surface area contributed by atoms with E-state index in [0.29, 0.717) is 6.54 Å². The molecule has 0 aromatic carbocycles. The molecule has 0 spiro atoms. The highest BCUT2D eigenvalue weighted by molar-refractivity contribution is 9.09. The van der Waals surface area contributed by atoms with Crippen molar-refractivity contribution in [3.63, 3.8) is 0 Å². The molecule has 1 unspecified atom stereocenters. The molecular weight excluding hydrogens is 330 g/mol. The third-order valence-corrected chi connectivity index (χ3v) is 7.49. The second-order valence-electron chi connectivity index (χ2n) is 4.25. The van der Waals surface area contributed by atoms with Gasteiger partial charge in [0.05, 0.1) is 16.8 Å². The fraction of sp³-hybridized carbons (Fsp3) is 1.00. The van der Waals surface area contributed by atoms with Gasteiger partial charge in [0.25, 0.3) is 0 Å². The molecule has 0 bridgehead atoms. The lowest BCUT2D eigenvalue weighted by atomic mass is 10.2. The molecule has 1 saturated heterocycles. The molecule has 0 aromatic heterocycles. The highest BCUT2D eigenvalue weighted by Crippen LogP contribution is 2.18. The molecule has 1 rings (SSSR count). The van der Waals surface area contributed by atoms with Gasteiger partial charge in [0.15, 0.2) is 0 Å². The molecule has 0 amide bonds. The number of rotatable bonds is 5. The van der Waals surface area contributed by atoms with Crippen LogP contribution in [0, 0.1) is 0 Å². The fourth-order valence-corrected chi connectivity index (χ4v) is 5.34. The summed E-state index contributed by atoms with van der Waals surface area (Å²) in [6.45, 7) is 2.31. The van der Waals surface area contributed by atoms with Crippen LogP contribution >= 0.6 is 15.9 Å². The summed E-state index contributed by atoms with van der Waals surface area (Å²) >= 11 is 3.35. The molecule has 1 aliphatic rings. The standard InChI is InChI=1S/C9H18BrNO4S2/c1-2-8(10)7-11-17(14,15)9-3-5-16(12,13)6-4-9/h8-9,11H,2-7H2,1H3. The van der Waals surface area contributed by atoms with Crippen LogP contribution in [0.2, 0.25) is 0 Å². The molecule has 0 saturated carbocycles. The van der Waals surface area contributed by atoms with E-state index >= 15 is 0 Å². The van der Waals surface area contributed by atoms with Gasteiger partial charge in [-0.3, -0.25) is 0 Å². The second-order valence-corrected chi connectivity index (χ2v) is 9.89. The minimum Gasteiger partial charge on any atom is -0.229 e. The van der Waals surface area contributed by atoms with Crippen molar-refractivity contribution in [3.05, 3.63) is 0 Å². The van der Waals surface area contributed by atoms with E-state index in [1.807, 2.05) is 6.92 Å². The van der Waals surface area contributed by atoms with Crippen LogP contribution in [0.15, 0.2) is 0 Å². The van der Waals surface area contributed by atoms with E-state index in [-0.39, 0.29) is 29.2 Å². The van der Waals surface area contributed by atoms with E-state index < -0.39 is 25.1 Å². The first-order chi connectivity index (χ1) is 7.77. The van der Waals surface area contributed by atoms with Crippen LogP contribution in [0.25, 0.3) is 0 Å². The predicted octanol–water partition coefficient (Wildman–Crippen LogP) is 0.657. The molecule has 8 heteroatoms. The molecular formula is C9H18BrNO4S2. The first kappa shape index (κ1) is 15.4. The average molecular weight is 348 g/mol. The zero-order valence-electron chi connectivity index (χ0n) is 9.72. The summed E-state index contributed by atoms with van der Waals surface area (Å²) in [7, 11) is -6.40. The molecule has 1 fully saturated rings. The van der Waals surface area contributed by atoms with Crippen molar-refractivity contribution < 1.29 is 16.8 Å². The van der Waals surface area contributed by atoms with Gasteiger partial charge in [-0.25, -0.2) is 21.6 Å². The Morgan fingerprint density at radius 1 is 1.35 bits per heavy atom. The fourth-order valence-electron chi connectivity index (χ4n) is 1.65. The Kier molecular flexibility index (Phi) is 5.42. The van der Waals surface area contributed by atoms with Crippen molar-refractivity contribution in [1.82, 2.24) is 4.72 Å². The number of alkyl halides is 1. The summed E-state index contributed by atoms with van der Waals surface area (Å²) in [6, 6.07) is 0. The largest absolute Gasteiger partial charge is 0.229 e. The van der Waals surface area contributed by atoms with Gasteiger partial charge in [-0.2, -0.15) is 0 Å². The van der Waals surface area contributed by atoms with Crippen molar-refractivity contribution in [2.24, 2.45) is 0 Å². The van der Waals surface area contributed by atoms with Gasteiger partial charge in [0.1, 0.15) is 9.84 Å². The SMILES string of the molecule is CCC(Br)CNS(=O)(=O)C1CCS(=O)(=O)CC1. The van der Waals surface area contributed by atoms with Crippen molar-refractivity contribution in [2.45, 2.75) is 36.3 Å². The van der Waals surface area contributed by atoms with Crippen LogP contribution in [0.1, 0.15) is 26.2 Å². The molecule has 0 aliphatic carbocycles. The highest BCUT2D eigenvalue weighted by Gasteiger charge is 2.32. The number of sulfone groups is 1. The van der Waals surface area contributed by atoms with Gasteiger partial charge < -0.3 is 0 Å². The van der Waals surface area contributed by atoms with Gasteiger partial charge in [-0.1, -0.05) is 22.9 Å². The average Bonchev–Trinajstić information content (AvgIpc) is 2.25. The molecule has 0 aromatic rings. The lowest BCUT2D eigenvalue weighted by Gasteiger charge is -2.22. The van der Waals surface area contributed by atoms with Crippen LogP contribution in [0.3, 0.4) is 0 Å². The van der Waals surface area contributed by atoms with E-state index in [1.165, 1.54) is 0 Å². The first-order valence-corrected chi connectivity index (χ1v) is 9.88. The maximum Gasteiger partial charge on any atom is 0.214 e. The lowest BCUT2D eigenvalue weighted by Crippen LogP contribution is -2.41. The van der Waals surface area contributed by atoms with Crippen molar-refractivity contribution >= 4 is 35.8 Å². The number of sulfonamides is 1. The van der Waals surface area contributed by atoms with E-state index in [2.05, 4.69) is 20.7 Å². The van der Waals surface area contributed by atoms with Gasteiger partial charge in [-0.05, 0) is 19.3 Å². The minimum absolute atomic E-state index is 0.0237. The van der Waals surface area contributed by atoms with Gasteiger partial charge >= 0.3 is 0 Å². The Morgan fingerprint density at radius 3 is 2.35 bits per heavy atom. The Hall–Kier alpha value is 0.340. The predicted molar refractivity (Wildman–Crippen MR) is 71.6 cm³/mol. The molecule has 5 nitrogen and oxygen atoms in total. The smallest absolute Gasteiger partial charge is 0.214 e. The van der Waals surface area contributed by atoms with Crippen LogP contribution < -0.4 is 4.72 Å². The summed E-state index contributed by atoms with van der Waals surface area (Å²) in [5, 5.41) is -0.567. The maximum absolute atomic E-state index is 11.9. The molecule has 1 N–H and O–H groups in total. The van der Waals surface area contributed by atoms with E-state index in [1.54, 1.807) is 0 Å². The molecule has 0 radical (unpaired) electrons. The summed E-state index contributed by atoms with van der Waals surface area (Å²) in [5.41, 5.74) is 0. The zero-order valence-corrected chi connectivity index (χ0v) is 12.9. The topological polar surface area (TPSA) is 80.3 Å². The molecule has 1 atom stereocenters. The number of hydrogen-bond donors (Lipinski definition) is 1. The Morgan fingerprint density at radius 2 is 1.88 bits per heavy atom. The second kappa shape index (κ2) is 5.99. The number of nitrogens with one attached hydrogen (secondary N) is 1. The van der Waals surface area contributed by atoms with Crippen molar-refractivity contribution in [3.8, 4) is 0 Å². The summed E-state index contributed by atoms with van der Waals surface area (Å²) in [5.74, 6) is -0.0474. The normalized spacial score (nSPS) is 23.4. The molecule has 102 valence electrons. The summed E-state index contributed by atoms with van der Waals surface area (Å²) in [6.07, 6.45) is 1.25. The lowest BCUT2D eigenvalue weighted by molar-refractivity contribution is 0.541. The van der Waals surface area contributed by atoms with Crippen molar-refractivity contribution in [2.75, 3.05) is 18.1 Å². The summed E-state index contributed by atoms with van der Waals surface area (Å²) in [4.78, 5) is 0.115. The monoisotopic (exact) mass is 347 g/mol. The van der Waals surface area contributed by atoms with E-state index in [4.69, 9.17) is 0 Å². The highest BCUT2D eigenvalue weighted by atomic mass is 79.9. The van der Waals surface area contributed by atoms with Gasteiger partial charge in [0, 0.05) is 11.4 Å². The maximum atomic E-state index is 11.9. The third kappa shape index (κ3) is 4.84. The van der Waals surface area contributed by atoms with Crippen LogP contribution in [-0.4, -0.2) is 45.0 Å². The third-order valence-electron chi connectivity index (χ3n) is 2.89. The zero-order chi connectivity index (χ0) is 13.1. The first-order valence-electron chi connectivity index (χ1n) is 5.60. The number of hydrogen-bond acceptors (Lipinski definition) is 4. The van der Waals surface area contributed by atoms with Crippen LogP contribution in [0.4, 0.5) is 0 Å². The Labute approximate surface area is 111 Å². The van der Waals surface area contributed by atoms with Gasteiger partial charge in [-0.15, -0.1) is 0 Å². The minimum atomic E-state index is -3.38. The van der Waals surface area contributed by atoms with E-state index in [9.17, 15) is 16.8 Å². The molecule has 1 heterocycles. The quantitative estimate of drug-likeness (QED) is 0.740. The van der Waals surface area contributed by atoms with Crippen molar-refractivity contribution in [1.29, 1.82) is 0 Å². The van der Waals surface area contributed by atoms with Crippen LogP contribution in [0.5, 0.6) is 0 Å². The summed E-state index contributed by atoms with van der Waals surface area (Å²) < 4.78 is 48.7. The Balaban J connectivity index is 2.55. The van der Waals surface area contributed by atoms with Gasteiger partial charge in [0.2, 0.25) is 10.0 Å². The van der Waals surface area contributed by atoms with E-state index in [0.717, 1.165) is 6.42 Å². The van der Waals surface area contributed by atoms with Crippen LogP contribution in [-0.2, 0) is 19.9 Å². The number of halogens is 1. The Bertz CT molecular complexity index is 432. The molecule has 17 heavy (non-hydrogen) atoms.